The van der Waals surface area contributed by atoms with Crippen LogP contribution in [-0.2, 0) is 11.3 Å². The van der Waals surface area contributed by atoms with Gasteiger partial charge in [0.25, 0.3) is 0 Å². The number of benzene rings is 1. The van der Waals surface area contributed by atoms with Gasteiger partial charge in [-0.3, -0.25) is 4.79 Å². The van der Waals surface area contributed by atoms with Crippen LogP contribution in [0, 0.1) is 0 Å². The SMILES string of the molecule is CC(=O)Nc1cccc(NCc2cnc[nH]2)c1. The number of aromatic amines is 1. The lowest BCUT2D eigenvalue weighted by Crippen LogP contribution is -2.06. The van der Waals surface area contributed by atoms with E-state index in [0.29, 0.717) is 6.54 Å². The Bertz CT molecular complexity index is 493. The molecular formula is C12H14N4O. The molecule has 1 heterocycles. The fourth-order valence-electron chi connectivity index (χ4n) is 1.49. The fraction of sp³-hybridized carbons (Fsp3) is 0.167. The minimum absolute atomic E-state index is 0.0734. The normalized spacial score (nSPS) is 9.94. The van der Waals surface area contributed by atoms with Crippen molar-refractivity contribution >= 4 is 17.3 Å². The van der Waals surface area contributed by atoms with E-state index in [1.54, 1.807) is 12.5 Å². The highest BCUT2D eigenvalue weighted by Gasteiger charge is 1.98. The van der Waals surface area contributed by atoms with Crippen LogP contribution < -0.4 is 10.6 Å². The predicted molar refractivity (Wildman–Crippen MR) is 66.7 cm³/mol. The first-order valence-electron chi connectivity index (χ1n) is 5.33. The summed E-state index contributed by atoms with van der Waals surface area (Å²) < 4.78 is 0. The number of nitrogens with one attached hydrogen (secondary N) is 3. The first kappa shape index (κ1) is 11.2. The predicted octanol–water partition coefficient (Wildman–Crippen LogP) is 1.98. The number of carbonyl (C=O) groups is 1. The Morgan fingerprint density at radius 2 is 2.24 bits per heavy atom. The van der Waals surface area contributed by atoms with Crippen LogP contribution >= 0.6 is 0 Å². The van der Waals surface area contributed by atoms with E-state index in [1.807, 2.05) is 24.3 Å². The molecule has 0 bridgehead atoms. The van der Waals surface area contributed by atoms with Crippen LogP contribution in [0.4, 0.5) is 11.4 Å². The highest BCUT2D eigenvalue weighted by molar-refractivity contribution is 5.89. The summed E-state index contributed by atoms with van der Waals surface area (Å²) in [5.41, 5.74) is 2.74. The van der Waals surface area contributed by atoms with Gasteiger partial charge in [0.15, 0.2) is 0 Å². The van der Waals surface area contributed by atoms with E-state index < -0.39 is 0 Å². The highest BCUT2D eigenvalue weighted by Crippen LogP contribution is 2.15. The molecule has 0 saturated carbocycles. The lowest BCUT2D eigenvalue weighted by Gasteiger charge is -2.07. The van der Waals surface area contributed by atoms with Gasteiger partial charge < -0.3 is 15.6 Å². The molecular weight excluding hydrogens is 216 g/mol. The number of hydrogen-bond donors (Lipinski definition) is 3. The molecule has 0 saturated heterocycles. The molecule has 2 aromatic rings. The third-order valence-electron chi connectivity index (χ3n) is 2.22. The van der Waals surface area contributed by atoms with Crippen molar-refractivity contribution in [2.75, 3.05) is 10.6 Å². The molecule has 0 radical (unpaired) electrons. The first-order valence-corrected chi connectivity index (χ1v) is 5.33. The van der Waals surface area contributed by atoms with Gasteiger partial charge in [0.05, 0.1) is 18.6 Å². The van der Waals surface area contributed by atoms with Gasteiger partial charge in [-0.15, -0.1) is 0 Å². The van der Waals surface area contributed by atoms with Gasteiger partial charge in [-0.1, -0.05) is 6.07 Å². The van der Waals surface area contributed by atoms with E-state index in [-0.39, 0.29) is 5.91 Å². The topological polar surface area (TPSA) is 69.8 Å². The van der Waals surface area contributed by atoms with Crippen LogP contribution in [-0.4, -0.2) is 15.9 Å². The standard InChI is InChI=1S/C12H14N4O/c1-9(17)16-11-4-2-3-10(5-11)14-7-12-6-13-8-15-12/h2-6,8,14H,7H2,1H3,(H,13,15)(H,16,17). The average Bonchev–Trinajstić information content (AvgIpc) is 2.79. The maximum absolute atomic E-state index is 10.9. The van der Waals surface area contributed by atoms with Gasteiger partial charge in [0.2, 0.25) is 5.91 Å². The lowest BCUT2D eigenvalue weighted by molar-refractivity contribution is -0.114. The number of aromatic nitrogens is 2. The number of amides is 1. The second kappa shape index (κ2) is 5.16. The monoisotopic (exact) mass is 230 g/mol. The number of anilines is 2. The summed E-state index contributed by atoms with van der Waals surface area (Å²) in [6, 6.07) is 7.57. The third-order valence-corrected chi connectivity index (χ3v) is 2.22. The largest absolute Gasteiger partial charge is 0.379 e. The van der Waals surface area contributed by atoms with E-state index in [0.717, 1.165) is 17.1 Å². The molecule has 0 spiro atoms. The van der Waals surface area contributed by atoms with Crippen molar-refractivity contribution in [2.45, 2.75) is 13.5 Å². The number of hydrogen-bond acceptors (Lipinski definition) is 3. The van der Waals surface area contributed by atoms with Crippen LogP contribution in [0.5, 0.6) is 0 Å². The zero-order chi connectivity index (χ0) is 12.1. The number of rotatable bonds is 4. The van der Waals surface area contributed by atoms with E-state index in [9.17, 15) is 4.79 Å². The average molecular weight is 230 g/mol. The molecule has 2 rings (SSSR count). The molecule has 0 atom stereocenters. The van der Waals surface area contributed by atoms with Gasteiger partial charge in [-0.2, -0.15) is 0 Å². The Labute approximate surface area is 99.3 Å². The van der Waals surface area contributed by atoms with Crippen LogP contribution in [0.1, 0.15) is 12.6 Å². The maximum Gasteiger partial charge on any atom is 0.221 e. The highest BCUT2D eigenvalue weighted by atomic mass is 16.1. The van der Waals surface area contributed by atoms with Crippen molar-refractivity contribution in [3.63, 3.8) is 0 Å². The molecule has 0 unspecified atom stereocenters. The second-order valence-electron chi connectivity index (χ2n) is 3.69. The zero-order valence-corrected chi connectivity index (χ0v) is 9.53. The van der Waals surface area contributed by atoms with Gasteiger partial charge in [-0.25, -0.2) is 4.98 Å². The van der Waals surface area contributed by atoms with Gasteiger partial charge in [-0.05, 0) is 18.2 Å². The van der Waals surface area contributed by atoms with Crippen molar-refractivity contribution in [1.82, 2.24) is 9.97 Å². The van der Waals surface area contributed by atoms with E-state index >= 15 is 0 Å². The number of imidazole rings is 1. The van der Waals surface area contributed by atoms with Crippen LogP contribution in [0.15, 0.2) is 36.8 Å². The summed E-state index contributed by atoms with van der Waals surface area (Å²) in [6.45, 7) is 2.16. The van der Waals surface area contributed by atoms with Gasteiger partial charge >= 0.3 is 0 Å². The van der Waals surface area contributed by atoms with E-state index in [1.165, 1.54) is 6.92 Å². The summed E-state index contributed by atoms with van der Waals surface area (Å²) in [5.74, 6) is -0.0734. The molecule has 0 aliphatic heterocycles. The molecule has 0 aliphatic rings. The third kappa shape index (κ3) is 3.34. The Balaban J connectivity index is 1.98. The molecule has 0 fully saturated rings. The van der Waals surface area contributed by atoms with Crippen molar-refractivity contribution in [2.24, 2.45) is 0 Å². The summed E-state index contributed by atoms with van der Waals surface area (Å²) in [7, 11) is 0. The Kier molecular flexibility index (Phi) is 3.40. The number of H-pyrrole nitrogens is 1. The van der Waals surface area contributed by atoms with E-state index in [4.69, 9.17) is 0 Å². The summed E-state index contributed by atoms with van der Waals surface area (Å²) in [4.78, 5) is 17.9. The minimum atomic E-state index is -0.0734. The fourth-order valence-corrected chi connectivity index (χ4v) is 1.49. The minimum Gasteiger partial charge on any atom is -0.379 e. The molecule has 88 valence electrons. The molecule has 5 nitrogen and oxygen atoms in total. The molecule has 1 aromatic carbocycles. The van der Waals surface area contributed by atoms with Crippen LogP contribution in [0.2, 0.25) is 0 Å². The number of carbonyl (C=O) groups excluding carboxylic acids is 1. The molecule has 1 aromatic heterocycles. The summed E-state index contributed by atoms with van der Waals surface area (Å²) >= 11 is 0. The lowest BCUT2D eigenvalue weighted by atomic mass is 10.2. The molecule has 3 N–H and O–H groups in total. The summed E-state index contributed by atoms with van der Waals surface area (Å²) in [6.07, 6.45) is 3.41. The van der Waals surface area contributed by atoms with E-state index in [2.05, 4.69) is 20.6 Å². The Hall–Kier alpha value is -2.30. The van der Waals surface area contributed by atoms with Crippen LogP contribution in [0.25, 0.3) is 0 Å². The molecule has 0 aliphatic carbocycles. The Morgan fingerprint density at radius 3 is 2.94 bits per heavy atom. The zero-order valence-electron chi connectivity index (χ0n) is 9.53. The van der Waals surface area contributed by atoms with Gasteiger partial charge in [0.1, 0.15) is 0 Å². The van der Waals surface area contributed by atoms with Crippen molar-refractivity contribution in [3.05, 3.63) is 42.5 Å². The quantitative estimate of drug-likeness (QED) is 0.752. The maximum atomic E-state index is 10.9. The smallest absolute Gasteiger partial charge is 0.221 e. The van der Waals surface area contributed by atoms with Crippen LogP contribution in [0.3, 0.4) is 0 Å². The van der Waals surface area contributed by atoms with Crippen molar-refractivity contribution < 1.29 is 4.79 Å². The first-order chi connectivity index (χ1) is 8.24. The summed E-state index contributed by atoms with van der Waals surface area (Å²) in [5, 5.41) is 5.98. The number of nitrogens with zero attached hydrogens (tertiary/aromatic N) is 1. The van der Waals surface area contributed by atoms with Crippen molar-refractivity contribution in [3.8, 4) is 0 Å². The Morgan fingerprint density at radius 1 is 1.41 bits per heavy atom. The molecule has 5 heteroatoms. The van der Waals surface area contributed by atoms with Crippen molar-refractivity contribution in [1.29, 1.82) is 0 Å². The second-order valence-corrected chi connectivity index (χ2v) is 3.69. The van der Waals surface area contributed by atoms with Gasteiger partial charge in [0, 0.05) is 24.5 Å². The molecule has 17 heavy (non-hydrogen) atoms. The molecule has 1 amide bonds.